The van der Waals surface area contributed by atoms with Gasteiger partial charge in [0, 0.05) is 12.8 Å². The van der Waals surface area contributed by atoms with E-state index in [4.69, 9.17) is 9.47 Å². The van der Waals surface area contributed by atoms with E-state index in [1.807, 2.05) is 0 Å². The van der Waals surface area contributed by atoms with Crippen LogP contribution in [0.2, 0.25) is 0 Å². The maximum atomic E-state index is 11.7. The monoisotopic (exact) mass is 184 g/mol. The second kappa shape index (κ2) is 3.76. The molecule has 1 aliphatic carbocycles. The zero-order valence-electron chi connectivity index (χ0n) is 7.88. The summed E-state index contributed by atoms with van der Waals surface area (Å²) in [5.41, 5.74) is 0. The molecule has 0 aromatic heterocycles. The van der Waals surface area contributed by atoms with Gasteiger partial charge in [-0.25, -0.2) is 0 Å². The summed E-state index contributed by atoms with van der Waals surface area (Å²) in [5, 5.41) is 0. The second-order valence-electron chi connectivity index (χ2n) is 3.79. The topological polar surface area (TPSA) is 35.5 Å². The van der Waals surface area contributed by atoms with Gasteiger partial charge in [-0.3, -0.25) is 4.79 Å². The van der Waals surface area contributed by atoms with Crippen molar-refractivity contribution in [2.75, 3.05) is 13.2 Å². The van der Waals surface area contributed by atoms with Crippen LogP contribution in [0.5, 0.6) is 0 Å². The predicted molar refractivity (Wildman–Crippen MR) is 47.3 cm³/mol. The van der Waals surface area contributed by atoms with Crippen molar-refractivity contribution < 1.29 is 14.3 Å². The lowest BCUT2D eigenvalue weighted by molar-refractivity contribution is -0.184. The highest BCUT2D eigenvalue weighted by Gasteiger charge is 2.43. The lowest BCUT2D eigenvalue weighted by Gasteiger charge is -2.27. The third-order valence-electron chi connectivity index (χ3n) is 2.84. The molecule has 74 valence electrons. The van der Waals surface area contributed by atoms with E-state index in [1.54, 1.807) is 0 Å². The van der Waals surface area contributed by atoms with Crippen molar-refractivity contribution >= 4 is 5.78 Å². The first-order chi connectivity index (χ1) is 6.33. The minimum Gasteiger partial charge on any atom is -0.341 e. The van der Waals surface area contributed by atoms with Gasteiger partial charge in [-0.05, 0) is 12.8 Å². The Bertz CT molecular complexity index is 194. The largest absolute Gasteiger partial charge is 0.341 e. The smallest absolute Gasteiger partial charge is 0.229 e. The van der Waals surface area contributed by atoms with Crippen molar-refractivity contribution in [3.05, 3.63) is 0 Å². The highest BCUT2D eigenvalue weighted by molar-refractivity contribution is 5.86. The molecule has 0 atom stereocenters. The van der Waals surface area contributed by atoms with Gasteiger partial charge in [-0.1, -0.05) is 12.8 Å². The van der Waals surface area contributed by atoms with Gasteiger partial charge < -0.3 is 9.47 Å². The van der Waals surface area contributed by atoms with Gasteiger partial charge in [0.2, 0.25) is 5.79 Å². The quantitative estimate of drug-likeness (QED) is 0.574. The fourth-order valence-corrected chi connectivity index (χ4v) is 2.09. The Morgan fingerprint density at radius 1 is 1.00 bits per heavy atom. The highest BCUT2D eigenvalue weighted by atomic mass is 16.7. The van der Waals surface area contributed by atoms with Crippen LogP contribution < -0.4 is 0 Å². The van der Waals surface area contributed by atoms with Crippen LogP contribution in [0, 0.1) is 0 Å². The molecule has 1 aliphatic heterocycles. The van der Waals surface area contributed by atoms with Gasteiger partial charge in [-0.15, -0.1) is 0 Å². The van der Waals surface area contributed by atoms with Crippen LogP contribution in [0.25, 0.3) is 0 Å². The van der Waals surface area contributed by atoms with Crippen molar-refractivity contribution in [3.63, 3.8) is 0 Å². The van der Waals surface area contributed by atoms with Gasteiger partial charge in [0.15, 0.2) is 5.78 Å². The minimum absolute atomic E-state index is 0.157. The standard InChI is InChI=1S/C10H16O3/c11-9-5-3-1-2-4-6-10(9)12-7-8-13-10/h1-8H2. The Balaban J connectivity index is 2.07. The molecule has 2 fully saturated rings. The SMILES string of the molecule is O=C1CCCCCCC12OCCO2. The first kappa shape index (κ1) is 9.16. The van der Waals surface area contributed by atoms with E-state index >= 15 is 0 Å². The van der Waals surface area contributed by atoms with E-state index in [0.717, 1.165) is 19.3 Å². The number of hydrogen-bond donors (Lipinski definition) is 0. The summed E-state index contributed by atoms with van der Waals surface area (Å²) in [7, 11) is 0. The Labute approximate surface area is 78.4 Å². The molecule has 3 nitrogen and oxygen atoms in total. The highest BCUT2D eigenvalue weighted by Crippen LogP contribution is 2.31. The first-order valence-corrected chi connectivity index (χ1v) is 5.15. The van der Waals surface area contributed by atoms with Crippen LogP contribution >= 0.6 is 0 Å². The molecular weight excluding hydrogens is 168 g/mol. The molecule has 1 spiro atoms. The van der Waals surface area contributed by atoms with Crippen LogP contribution in [-0.2, 0) is 14.3 Å². The molecule has 0 amide bonds. The van der Waals surface area contributed by atoms with Crippen LogP contribution in [0.3, 0.4) is 0 Å². The zero-order valence-corrected chi connectivity index (χ0v) is 7.88. The van der Waals surface area contributed by atoms with E-state index in [2.05, 4.69) is 0 Å². The number of Topliss-reactive ketones (excluding diaryl/α,β-unsaturated/α-hetero) is 1. The van der Waals surface area contributed by atoms with Gasteiger partial charge in [0.05, 0.1) is 13.2 Å². The number of ether oxygens (including phenoxy) is 2. The molecule has 1 saturated carbocycles. The lowest BCUT2D eigenvalue weighted by atomic mass is 9.94. The number of rotatable bonds is 0. The van der Waals surface area contributed by atoms with Gasteiger partial charge in [-0.2, -0.15) is 0 Å². The zero-order chi connectivity index (χ0) is 9.15. The summed E-state index contributed by atoms with van der Waals surface area (Å²) in [6.07, 6.45) is 5.79. The second-order valence-corrected chi connectivity index (χ2v) is 3.79. The van der Waals surface area contributed by atoms with Gasteiger partial charge >= 0.3 is 0 Å². The molecule has 0 N–H and O–H groups in total. The van der Waals surface area contributed by atoms with Crippen LogP contribution in [0.1, 0.15) is 38.5 Å². The molecule has 1 heterocycles. The Morgan fingerprint density at radius 2 is 1.69 bits per heavy atom. The number of hydrogen-bond acceptors (Lipinski definition) is 3. The van der Waals surface area contributed by atoms with E-state index in [1.165, 1.54) is 12.8 Å². The Kier molecular flexibility index (Phi) is 2.65. The molecule has 0 aromatic carbocycles. The molecule has 1 saturated heterocycles. The Morgan fingerprint density at radius 3 is 2.46 bits per heavy atom. The average Bonchev–Trinajstić information content (AvgIpc) is 2.58. The third kappa shape index (κ3) is 1.76. The van der Waals surface area contributed by atoms with Crippen molar-refractivity contribution in [1.29, 1.82) is 0 Å². The van der Waals surface area contributed by atoms with Crippen molar-refractivity contribution in [1.82, 2.24) is 0 Å². The lowest BCUT2D eigenvalue weighted by Crippen LogP contribution is -2.40. The summed E-state index contributed by atoms with van der Waals surface area (Å²) in [6, 6.07) is 0. The molecule has 0 unspecified atom stereocenters. The minimum atomic E-state index is -0.833. The molecule has 3 heteroatoms. The van der Waals surface area contributed by atoms with Crippen molar-refractivity contribution in [2.24, 2.45) is 0 Å². The molecule has 13 heavy (non-hydrogen) atoms. The van der Waals surface area contributed by atoms with Crippen LogP contribution in [0.4, 0.5) is 0 Å². The molecular formula is C10H16O3. The first-order valence-electron chi connectivity index (χ1n) is 5.15. The summed E-state index contributed by atoms with van der Waals surface area (Å²) in [5.74, 6) is -0.676. The summed E-state index contributed by atoms with van der Waals surface area (Å²) >= 11 is 0. The third-order valence-corrected chi connectivity index (χ3v) is 2.84. The summed E-state index contributed by atoms with van der Waals surface area (Å²) in [6.45, 7) is 1.15. The fraction of sp³-hybridized carbons (Fsp3) is 0.900. The van der Waals surface area contributed by atoms with E-state index in [9.17, 15) is 4.79 Å². The summed E-state index contributed by atoms with van der Waals surface area (Å²) < 4.78 is 10.9. The maximum Gasteiger partial charge on any atom is 0.229 e. The van der Waals surface area contributed by atoms with Crippen LogP contribution in [-0.4, -0.2) is 24.8 Å². The van der Waals surface area contributed by atoms with Gasteiger partial charge in [0.25, 0.3) is 0 Å². The number of carbonyl (C=O) groups is 1. The normalized spacial score (nSPS) is 28.8. The molecule has 0 bridgehead atoms. The molecule has 0 aromatic rings. The predicted octanol–water partition coefficient (Wildman–Crippen LogP) is 1.65. The van der Waals surface area contributed by atoms with Crippen molar-refractivity contribution in [3.8, 4) is 0 Å². The number of carbonyl (C=O) groups excluding carboxylic acids is 1. The molecule has 2 rings (SSSR count). The maximum absolute atomic E-state index is 11.7. The number of ketones is 1. The van der Waals surface area contributed by atoms with E-state index in [-0.39, 0.29) is 5.78 Å². The van der Waals surface area contributed by atoms with E-state index in [0.29, 0.717) is 19.6 Å². The van der Waals surface area contributed by atoms with Gasteiger partial charge in [0.1, 0.15) is 0 Å². The summed E-state index contributed by atoms with van der Waals surface area (Å²) in [4.78, 5) is 11.7. The van der Waals surface area contributed by atoms with Crippen molar-refractivity contribution in [2.45, 2.75) is 44.3 Å². The molecule has 2 aliphatic rings. The molecule has 0 radical (unpaired) electrons. The fourth-order valence-electron chi connectivity index (χ4n) is 2.09. The average molecular weight is 184 g/mol. The van der Waals surface area contributed by atoms with Crippen LogP contribution in [0.15, 0.2) is 0 Å². The Hall–Kier alpha value is -0.410. The van der Waals surface area contributed by atoms with E-state index < -0.39 is 5.79 Å².